The van der Waals surface area contributed by atoms with Crippen molar-refractivity contribution in [1.82, 2.24) is 0 Å². The van der Waals surface area contributed by atoms with E-state index >= 15 is 0 Å². The summed E-state index contributed by atoms with van der Waals surface area (Å²) in [4.78, 5) is 11.7. The van der Waals surface area contributed by atoms with Crippen molar-refractivity contribution in [2.75, 3.05) is 6.61 Å². The Labute approximate surface area is 155 Å². The Kier molecular flexibility index (Phi) is 7.27. The molecule has 0 fully saturated rings. The van der Waals surface area contributed by atoms with Crippen molar-refractivity contribution < 1.29 is 9.53 Å². The van der Waals surface area contributed by atoms with Gasteiger partial charge in [0, 0.05) is 11.1 Å². The fourth-order valence-corrected chi connectivity index (χ4v) is 3.39. The van der Waals surface area contributed by atoms with Gasteiger partial charge < -0.3 is 10.5 Å². The molecule has 1 aromatic carbocycles. The molecule has 2 rings (SSSR count). The molecule has 3 nitrogen and oxygen atoms in total. The molecule has 0 saturated heterocycles. The molecule has 3 unspecified atom stereocenters. The number of hydrogen-bond acceptors (Lipinski definition) is 3. The van der Waals surface area contributed by atoms with Crippen molar-refractivity contribution in [3.05, 3.63) is 52.6 Å². The van der Waals surface area contributed by atoms with Crippen molar-refractivity contribution in [1.29, 1.82) is 0 Å². The molecular weight excluding hydrogens is 334 g/mol. The molecule has 0 amide bonds. The minimum Gasteiger partial charge on any atom is -0.466 e. The molecule has 3 atom stereocenters. The van der Waals surface area contributed by atoms with E-state index < -0.39 is 0 Å². The Hall–Kier alpha value is -1.58. The third-order valence-corrected chi connectivity index (χ3v) is 4.88. The van der Waals surface area contributed by atoms with E-state index in [0.717, 1.165) is 17.9 Å². The minimum absolute atomic E-state index is 0.0598. The van der Waals surface area contributed by atoms with Crippen LogP contribution in [0.4, 0.5) is 0 Å². The van der Waals surface area contributed by atoms with Gasteiger partial charge in [0.2, 0.25) is 0 Å². The molecule has 0 heterocycles. The molecule has 25 heavy (non-hydrogen) atoms. The number of allylic oxidation sites excluding steroid dienone is 4. The van der Waals surface area contributed by atoms with Crippen molar-refractivity contribution >= 4 is 23.1 Å². The molecule has 0 radical (unpaired) electrons. The molecule has 0 spiro atoms. The first-order valence-electron chi connectivity index (χ1n) is 8.99. The SMILES string of the molecule is CCOC(=O)C(C)CC(N)Cc1ccc(C2=CC(Cl)=CCC2C)cc1. The summed E-state index contributed by atoms with van der Waals surface area (Å²) in [6.07, 6.45) is 6.47. The summed E-state index contributed by atoms with van der Waals surface area (Å²) >= 11 is 6.15. The van der Waals surface area contributed by atoms with E-state index in [-0.39, 0.29) is 17.9 Å². The van der Waals surface area contributed by atoms with Gasteiger partial charge in [-0.1, -0.05) is 55.8 Å². The Bertz CT molecular complexity index is 648. The molecular formula is C21H28ClNO2. The van der Waals surface area contributed by atoms with Crippen LogP contribution in [-0.4, -0.2) is 18.6 Å². The fourth-order valence-electron chi connectivity index (χ4n) is 3.19. The zero-order valence-corrected chi connectivity index (χ0v) is 16.1. The summed E-state index contributed by atoms with van der Waals surface area (Å²) in [5.74, 6) is 0.133. The van der Waals surface area contributed by atoms with E-state index in [1.54, 1.807) is 0 Å². The fraction of sp³-hybridized carbons (Fsp3) is 0.476. The van der Waals surface area contributed by atoms with Gasteiger partial charge in [0.15, 0.2) is 0 Å². The van der Waals surface area contributed by atoms with Crippen LogP contribution in [-0.2, 0) is 16.0 Å². The predicted molar refractivity (Wildman–Crippen MR) is 104 cm³/mol. The molecule has 0 aliphatic heterocycles. The zero-order chi connectivity index (χ0) is 18.4. The van der Waals surface area contributed by atoms with Gasteiger partial charge in [-0.15, -0.1) is 0 Å². The van der Waals surface area contributed by atoms with Gasteiger partial charge in [-0.25, -0.2) is 0 Å². The van der Waals surface area contributed by atoms with Crippen molar-refractivity contribution in [3.63, 3.8) is 0 Å². The second-order valence-electron chi connectivity index (χ2n) is 6.88. The largest absolute Gasteiger partial charge is 0.466 e. The first-order valence-corrected chi connectivity index (χ1v) is 9.37. The van der Waals surface area contributed by atoms with Crippen LogP contribution in [0.15, 0.2) is 41.4 Å². The zero-order valence-electron chi connectivity index (χ0n) is 15.3. The van der Waals surface area contributed by atoms with Gasteiger partial charge in [0.1, 0.15) is 0 Å². The molecule has 1 aliphatic rings. The van der Waals surface area contributed by atoms with Crippen LogP contribution in [0.5, 0.6) is 0 Å². The summed E-state index contributed by atoms with van der Waals surface area (Å²) in [6.45, 7) is 6.31. The van der Waals surface area contributed by atoms with Gasteiger partial charge in [-0.05, 0) is 54.9 Å². The highest BCUT2D eigenvalue weighted by Gasteiger charge is 2.18. The number of carbonyl (C=O) groups is 1. The molecule has 0 aromatic heterocycles. The van der Waals surface area contributed by atoms with Crippen LogP contribution >= 0.6 is 11.6 Å². The summed E-state index contributed by atoms with van der Waals surface area (Å²) in [5, 5.41) is 0.812. The monoisotopic (exact) mass is 361 g/mol. The third kappa shape index (κ3) is 5.72. The van der Waals surface area contributed by atoms with Crippen molar-refractivity contribution in [2.45, 2.75) is 46.1 Å². The maximum Gasteiger partial charge on any atom is 0.308 e. The lowest BCUT2D eigenvalue weighted by Crippen LogP contribution is -2.29. The first kappa shape index (κ1) is 19.7. The lowest BCUT2D eigenvalue weighted by Gasteiger charge is -2.20. The van der Waals surface area contributed by atoms with E-state index in [9.17, 15) is 4.79 Å². The maximum atomic E-state index is 11.7. The lowest BCUT2D eigenvalue weighted by molar-refractivity contribution is -0.147. The van der Waals surface area contributed by atoms with Crippen LogP contribution in [0, 0.1) is 11.8 Å². The van der Waals surface area contributed by atoms with E-state index in [2.05, 4.69) is 43.3 Å². The number of carbonyl (C=O) groups excluding carboxylic acids is 1. The number of hydrogen-bond donors (Lipinski definition) is 1. The highest BCUT2D eigenvalue weighted by Crippen LogP contribution is 2.32. The van der Waals surface area contributed by atoms with E-state index in [0.29, 0.717) is 18.9 Å². The number of rotatable bonds is 7. The number of ether oxygens (including phenoxy) is 1. The lowest BCUT2D eigenvalue weighted by atomic mass is 9.87. The van der Waals surface area contributed by atoms with E-state index in [1.807, 2.05) is 13.8 Å². The predicted octanol–water partition coefficient (Wildman–Crippen LogP) is 4.69. The topological polar surface area (TPSA) is 52.3 Å². The highest BCUT2D eigenvalue weighted by molar-refractivity contribution is 6.31. The maximum absolute atomic E-state index is 11.7. The second-order valence-corrected chi connectivity index (χ2v) is 7.31. The van der Waals surface area contributed by atoms with E-state index in [4.69, 9.17) is 22.1 Å². The first-order chi connectivity index (χ1) is 11.9. The summed E-state index contributed by atoms with van der Waals surface area (Å²) in [6, 6.07) is 8.44. The molecule has 0 saturated carbocycles. The van der Waals surface area contributed by atoms with Crippen LogP contribution < -0.4 is 5.73 Å². The quantitative estimate of drug-likeness (QED) is 0.716. The van der Waals surface area contributed by atoms with Crippen LogP contribution in [0.25, 0.3) is 5.57 Å². The average Bonchev–Trinajstić information content (AvgIpc) is 2.58. The summed E-state index contributed by atoms with van der Waals surface area (Å²) in [7, 11) is 0. The molecule has 2 N–H and O–H groups in total. The van der Waals surface area contributed by atoms with Gasteiger partial charge >= 0.3 is 5.97 Å². The van der Waals surface area contributed by atoms with Crippen LogP contribution in [0.3, 0.4) is 0 Å². The van der Waals surface area contributed by atoms with Crippen LogP contribution in [0.1, 0.15) is 44.7 Å². The smallest absolute Gasteiger partial charge is 0.308 e. The third-order valence-electron chi connectivity index (χ3n) is 4.62. The molecule has 1 aliphatic carbocycles. The molecule has 136 valence electrons. The normalized spacial score (nSPS) is 19.6. The second kappa shape index (κ2) is 9.21. The molecule has 1 aromatic rings. The van der Waals surface area contributed by atoms with Crippen molar-refractivity contribution in [2.24, 2.45) is 17.6 Å². The Morgan fingerprint density at radius 3 is 2.68 bits per heavy atom. The highest BCUT2D eigenvalue weighted by atomic mass is 35.5. The minimum atomic E-state index is -0.170. The van der Waals surface area contributed by atoms with Crippen molar-refractivity contribution in [3.8, 4) is 0 Å². The van der Waals surface area contributed by atoms with Gasteiger partial charge in [0.25, 0.3) is 0 Å². The van der Waals surface area contributed by atoms with Gasteiger partial charge in [-0.3, -0.25) is 4.79 Å². The van der Waals surface area contributed by atoms with Crippen LogP contribution in [0.2, 0.25) is 0 Å². The van der Waals surface area contributed by atoms with Gasteiger partial charge in [0.05, 0.1) is 12.5 Å². The number of benzene rings is 1. The Morgan fingerprint density at radius 2 is 2.04 bits per heavy atom. The standard InChI is InChI=1S/C21H28ClNO2/c1-4-25-21(24)15(3)11-19(23)12-16-6-8-17(9-7-16)20-13-18(22)10-5-14(20)2/h6-10,13-15,19H,4-5,11-12,23H2,1-3H3. The number of halogens is 1. The number of esters is 1. The molecule has 4 heteroatoms. The Morgan fingerprint density at radius 1 is 1.36 bits per heavy atom. The summed E-state index contributed by atoms with van der Waals surface area (Å²) < 4.78 is 5.04. The van der Waals surface area contributed by atoms with E-state index in [1.165, 1.54) is 16.7 Å². The summed E-state index contributed by atoms with van der Waals surface area (Å²) in [5.41, 5.74) is 9.88. The Balaban J connectivity index is 1.96. The van der Waals surface area contributed by atoms with Gasteiger partial charge in [-0.2, -0.15) is 0 Å². The molecule has 0 bridgehead atoms. The average molecular weight is 362 g/mol. The number of nitrogens with two attached hydrogens (primary N) is 1.